The fourth-order valence-corrected chi connectivity index (χ4v) is 1.61. The van der Waals surface area contributed by atoms with Crippen molar-refractivity contribution in [1.82, 2.24) is 4.90 Å². The lowest BCUT2D eigenvalue weighted by Crippen LogP contribution is -2.39. The van der Waals surface area contributed by atoms with Crippen LogP contribution in [0.25, 0.3) is 0 Å². The van der Waals surface area contributed by atoms with Crippen LogP contribution in [0.2, 0.25) is 0 Å². The molecule has 1 N–H and O–H groups in total. The van der Waals surface area contributed by atoms with E-state index < -0.39 is 0 Å². The average Bonchev–Trinajstić information content (AvgIpc) is 2.46. The topological polar surface area (TPSA) is 50.8 Å². The molecule has 0 fully saturated rings. The zero-order valence-corrected chi connectivity index (χ0v) is 11.6. The minimum Gasteiger partial charge on any atom is -0.383 e. The second-order valence-electron chi connectivity index (χ2n) is 4.09. The van der Waals surface area contributed by atoms with E-state index in [2.05, 4.69) is 5.32 Å². The van der Waals surface area contributed by atoms with E-state index in [4.69, 9.17) is 9.47 Å². The number of rotatable bonds is 9. The average molecular weight is 266 g/mol. The summed E-state index contributed by atoms with van der Waals surface area (Å²) < 4.78 is 10.0. The summed E-state index contributed by atoms with van der Waals surface area (Å²) in [6.45, 7) is 2.49. The van der Waals surface area contributed by atoms with Crippen molar-refractivity contribution in [2.75, 3.05) is 52.4 Å². The molecule has 106 valence electrons. The first-order valence-corrected chi connectivity index (χ1v) is 6.32. The molecule has 5 nitrogen and oxygen atoms in total. The quantitative estimate of drug-likeness (QED) is 0.730. The highest BCUT2D eigenvalue weighted by Gasteiger charge is 2.12. The van der Waals surface area contributed by atoms with Gasteiger partial charge in [0.15, 0.2) is 0 Å². The van der Waals surface area contributed by atoms with Crippen molar-refractivity contribution in [3.8, 4) is 0 Å². The van der Waals surface area contributed by atoms with E-state index in [9.17, 15) is 4.79 Å². The summed E-state index contributed by atoms with van der Waals surface area (Å²) >= 11 is 0. The Morgan fingerprint density at radius 1 is 1.11 bits per heavy atom. The smallest absolute Gasteiger partial charge is 0.242 e. The van der Waals surface area contributed by atoms with E-state index in [1.165, 1.54) is 0 Å². The lowest BCUT2D eigenvalue weighted by atomic mass is 10.3. The molecule has 19 heavy (non-hydrogen) atoms. The van der Waals surface area contributed by atoms with Crippen LogP contribution in [0.5, 0.6) is 0 Å². The van der Waals surface area contributed by atoms with Crippen LogP contribution in [0.3, 0.4) is 0 Å². The highest BCUT2D eigenvalue weighted by Crippen LogP contribution is 2.04. The molecule has 0 bridgehead atoms. The number of carbonyl (C=O) groups is 1. The molecule has 0 heterocycles. The summed E-state index contributed by atoms with van der Waals surface area (Å²) in [6, 6.07) is 9.67. The molecule has 0 unspecified atom stereocenters. The lowest BCUT2D eigenvalue weighted by Gasteiger charge is -2.22. The van der Waals surface area contributed by atoms with Gasteiger partial charge in [-0.3, -0.25) is 4.79 Å². The van der Waals surface area contributed by atoms with Gasteiger partial charge >= 0.3 is 0 Å². The molecule has 0 aliphatic rings. The van der Waals surface area contributed by atoms with Crippen molar-refractivity contribution in [2.24, 2.45) is 0 Å². The predicted octanol–water partition coefficient (Wildman–Crippen LogP) is 1.22. The Kier molecular flexibility index (Phi) is 7.62. The SMILES string of the molecule is COCCN(CCOC)C(=O)CNc1ccccc1. The van der Waals surface area contributed by atoms with E-state index in [-0.39, 0.29) is 12.5 Å². The number of hydrogen-bond acceptors (Lipinski definition) is 4. The molecule has 1 amide bonds. The number of anilines is 1. The molecule has 0 aromatic heterocycles. The van der Waals surface area contributed by atoms with Crippen LogP contribution in [0.15, 0.2) is 30.3 Å². The summed E-state index contributed by atoms with van der Waals surface area (Å²) in [6.07, 6.45) is 0. The van der Waals surface area contributed by atoms with Gasteiger partial charge in [-0.1, -0.05) is 18.2 Å². The number of hydrogen-bond donors (Lipinski definition) is 1. The zero-order chi connectivity index (χ0) is 13.9. The lowest BCUT2D eigenvalue weighted by molar-refractivity contribution is -0.130. The highest BCUT2D eigenvalue weighted by atomic mass is 16.5. The maximum Gasteiger partial charge on any atom is 0.242 e. The second kappa shape index (κ2) is 9.35. The van der Waals surface area contributed by atoms with Crippen molar-refractivity contribution in [2.45, 2.75) is 0 Å². The molecule has 0 atom stereocenters. The van der Waals surface area contributed by atoms with Gasteiger partial charge in [0, 0.05) is 33.0 Å². The number of methoxy groups -OCH3 is 2. The van der Waals surface area contributed by atoms with Crippen molar-refractivity contribution in [3.05, 3.63) is 30.3 Å². The molecule has 0 aliphatic carbocycles. The first-order valence-electron chi connectivity index (χ1n) is 6.32. The Balaban J connectivity index is 2.41. The van der Waals surface area contributed by atoms with Crippen LogP contribution in [0.1, 0.15) is 0 Å². The molecule has 0 spiro atoms. The molecule has 0 saturated carbocycles. The number of nitrogens with zero attached hydrogens (tertiary/aromatic N) is 1. The number of benzene rings is 1. The maximum atomic E-state index is 12.1. The number of para-hydroxylation sites is 1. The Bertz CT molecular complexity index is 349. The van der Waals surface area contributed by atoms with Crippen molar-refractivity contribution in [3.63, 3.8) is 0 Å². The van der Waals surface area contributed by atoms with Gasteiger partial charge in [0.25, 0.3) is 0 Å². The Hall–Kier alpha value is -1.59. The second-order valence-corrected chi connectivity index (χ2v) is 4.09. The first kappa shape index (κ1) is 15.5. The van der Waals surface area contributed by atoms with Crippen LogP contribution < -0.4 is 5.32 Å². The third-order valence-corrected chi connectivity index (χ3v) is 2.70. The van der Waals surface area contributed by atoms with Gasteiger partial charge in [0.1, 0.15) is 0 Å². The molecular formula is C14H22N2O3. The minimum atomic E-state index is 0.0398. The first-order chi connectivity index (χ1) is 9.27. The summed E-state index contributed by atoms with van der Waals surface area (Å²) in [4.78, 5) is 13.8. The normalized spacial score (nSPS) is 10.2. The van der Waals surface area contributed by atoms with E-state index >= 15 is 0 Å². The van der Waals surface area contributed by atoms with E-state index in [0.29, 0.717) is 26.3 Å². The maximum absolute atomic E-state index is 12.1. The molecular weight excluding hydrogens is 244 g/mol. The molecule has 0 radical (unpaired) electrons. The predicted molar refractivity (Wildman–Crippen MR) is 75.3 cm³/mol. The molecule has 0 saturated heterocycles. The molecule has 1 rings (SSSR count). The van der Waals surface area contributed by atoms with Gasteiger partial charge in [-0.2, -0.15) is 0 Å². The monoisotopic (exact) mass is 266 g/mol. The minimum absolute atomic E-state index is 0.0398. The Labute approximate surface area is 114 Å². The van der Waals surface area contributed by atoms with E-state index in [0.717, 1.165) is 5.69 Å². The van der Waals surface area contributed by atoms with Crippen LogP contribution in [-0.2, 0) is 14.3 Å². The van der Waals surface area contributed by atoms with Gasteiger partial charge in [0.2, 0.25) is 5.91 Å². The fraction of sp³-hybridized carbons (Fsp3) is 0.500. The van der Waals surface area contributed by atoms with Gasteiger partial charge in [-0.25, -0.2) is 0 Å². The Morgan fingerprint density at radius 3 is 2.21 bits per heavy atom. The molecule has 0 aliphatic heterocycles. The summed E-state index contributed by atoms with van der Waals surface area (Å²) in [5.41, 5.74) is 0.939. The van der Waals surface area contributed by atoms with Crippen LogP contribution in [-0.4, -0.2) is 57.9 Å². The third-order valence-electron chi connectivity index (χ3n) is 2.70. The number of carbonyl (C=O) groups excluding carboxylic acids is 1. The number of nitrogens with one attached hydrogen (secondary N) is 1. The Morgan fingerprint density at radius 2 is 1.68 bits per heavy atom. The summed E-state index contributed by atoms with van der Waals surface area (Å²) in [5.74, 6) is 0.0398. The van der Waals surface area contributed by atoms with E-state index in [1.807, 2.05) is 30.3 Å². The van der Waals surface area contributed by atoms with Crippen LogP contribution in [0, 0.1) is 0 Å². The van der Waals surface area contributed by atoms with Gasteiger partial charge in [-0.05, 0) is 12.1 Å². The van der Waals surface area contributed by atoms with Crippen LogP contribution >= 0.6 is 0 Å². The van der Waals surface area contributed by atoms with Crippen molar-refractivity contribution < 1.29 is 14.3 Å². The summed E-state index contributed by atoms with van der Waals surface area (Å²) in [5, 5.41) is 3.10. The van der Waals surface area contributed by atoms with Gasteiger partial charge in [-0.15, -0.1) is 0 Å². The van der Waals surface area contributed by atoms with Gasteiger partial charge < -0.3 is 19.7 Å². The van der Waals surface area contributed by atoms with Gasteiger partial charge in [0.05, 0.1) is 19.8 Å². The molecule has 1 aromatic rings. The third kappa shape index (κ3) is 6.22. The largest absolute Gasteiger partial charge is 0.383 e. The van der Waals surface area contributed by atoms with E-state index in [1.54, 1.807) is 19.1 Å². The number of amides is 1. The fourth-order valence-electron chi connectivity index (χ4n) is 1.61. The highest BCUT2D eigenvalue weighted by molar-refractivity contribution is 5.80. The number of ether oxygens (including phenoxy) is 2. The zero-order valence-electron chi connectivity index (χ0n) is 11.6. The molecule has 1 aromatic carbocycles. The standard InChI is InChI=1S/C14H22N2O3/c1-18-10-8-16(9-11-19-2)14(17)12-15-13-6-4-3-5-7-13/h3-7,15H,8-12H2,1-2H3. The molecule has 5 heteroatoms. The summed E-state index contributed by atoms with van der Waals surface area (Å²) in [7, 11) is 3.25. The van der Waals surface area contributed by atoms with Crippen molar-refractivity contribution in [1.29, 1.82) is 0 Å². The van der Waals surface area contributed by atoms with Crippen molar-refractivity contribution >= 4 is 11.6 Å². The van der Waals surface area contributed by atoms with Crippen LogP contribution in [0.4, 0.5) is 5.69 Å².